The molecule has 0 bridgehead atoms. The number of nitrogens with zero attached hydrogens (tertiary/aromatic N) is 1. The van der Waals surface area contributed by atoms with Crippen molar-refractivity contribution in [3.63, 3.8) is 0 Å². The molecule has 0 radical (unpaired) electrons. The van der Waals surface area contributed by atoms with Gasteiger partial charge in [0.2, 0.25) is 0 Å². The number of para-hydroxylation sites is 1. The minimum Gasteiger partial charge on any atom is -0.322 e. The average molecular weight is 241 g/mol. The summed E-state index contributed by atoms with van der Waals surface area (Å²) in [6, 6.07) is 6.51. The molecule has 90 valence electrons. The predicted octanol–water partition coefficient (Wildman–Crippen LogP) is 2.85. The zero-order chi connectivity index (χ0) is 12.6. The highest BCUT2D eigenvalue weighted by Crippen LogP contribution is 2.35. The summed E-state index contributed by atoms with van der Waals surface area (Å²) in [7, 11) is 0. The van der Waals surface area contributed by atoms with E-state index in [1.807, 2.05) is 5.43 Å². The van der Waals surface area contributed by atoms with Gasteiger partial charge in [-0.25, -0.2) is 4.98 Å². The van der Waals surface area contributed by atoms with E-state index in [-0.39, 0.29) is 5.69 Å². The molecule has 2 aromatic rings. The fraction of sp³-hybridized carbons (Fsp3) is 0.182. The molecule has 1 aromatic heterocycles. The van der Waals surface area contributed by atoms with E-state index in [0.29, 0.717) is 16.5 Å². The van der Waals surface area contributed by atoms with Crippen molar-refractivity contribution >= 4 is 16.6 Å². The molecule has 0 aliphatic heterocycles. The standard InChI is InChI=1S/C11H10F3N3/c1-6-3-2-4-7-5-8(17-15)10(11(12,13)14)16-9(6)7/h2-5,17H,15H2,1H3. The van der Waals surface area contributed by atoms with Crippen LogP contribution in [0.1, 0.15) is 11.3 Å². The minimum atomic E-state index is -4.53. The lowest BCUT2D eigenvalue weighted by Crippen LogP contribution is -2.16. The van der Waals surface area contributed by atoms with Crippen LogP contribution < -0.4 is 11.3 Å². The highest BCUT2D eigenvalue weighted by atomic mass is 19.4. The van der Waals surface area contributed by atoms with Crippen LogP contribution in [0.5, 0.6) is 0 Å². The van der Waals surface area contributed by atoms with Crippen molar-refractivity contribution in [2.24, 2.45) is 5.84 Å². The Morgan fingerprint density at radius 3 is 2.59 bits per heavy atom. The minimum absolute atomic E-state index is 0.226. The number of fused-ring (bicyclic) bond motifs is 1. The number of pyridine rings is 1. The highest BCUT2D eigenvalue weighted by molar-refractivity contribution is 5.85. The second-order valence-electron chi connectivity index (χ2n) is 3.67. The van der Waals surface area contributed by atoms with Gasteiger partial charge in [0.15, 0.2) is 5.69 Å². The Kier molecular flexibility index (Phi) is 2.66. The molecule has 0 amide bonds. The summed E-state index contributed by atoms with van der Waals surface area (Å²) in [5.41, 5.74) is 1.83. The number of nitrogens with two attached hydrogens (primary N) is 1. The molecule has 17 heavy (non-hydrogen) atoms. The van der Waals surface area contributed by atoms with Crippen molar-refractivity contribution in [3.05, 3.63) is 35.5 Å². The lowest BCUT2D eigenvalue weighted by Gasteiger charge is -2.13. The Bertz CT molecular complexity index is 564. The number of hydrogen-bond donors (Lipinski definition) is 2. The van der Waals surface area contributed by atoms with Gasteiger partial charge in [-0.15, -0.1) is 0 Å². The van der Waals surface area contributed by atoms with Gasteiger partial charge >= 0.3 is 6.18 Å². The number of nitrogen functional groups attached to an aromatic ring is 1. The third-order valence-corrected chi connectivity index (χ3v) is 2.47. The SMILES string of the molecule is Cc1cccc2cc(NN)c(C(F)(F)F)nc12. The number of hydrazine groups is 1. The number of nitrogens with one attached hydrogen (secondary N) is 1. The first-order valence-corrected chi connectivity index (χ1v) is 4.87. The normalized spacial score (nSPS) is 11.8. The van der Waals surface area contributed by atoms with Gasteiger partial charge in [-0.05, 0) is 18.6 Å². The van der Waals surface area contributed by atoms with Crippen LogP contribution in [-0.2, 0) is 6.18 Å². The van der Waals surface area contributed by atoms with Crippen LogP contribution in [0.2, 0.25) is 0 Å². The summed E-state index contributed by atoms with van der Waals surface area (Å²) >= 11 is 0. The van der Waals surface area contributed by atoms with Crippen LogP contribution in [-0.4, -0.2) is 4.98 Å². The van der Waals surface area contributed by atoms with Crippen LogP contribution in [0.4, 0.5) is 18.9 Å². The van der Waals surface area contributed by atoms with Crippen molar-refractivity contribution in [2.45, 2.75) is 13.1 Å². The molecule has 0 saturated carbocycles. The van der Waals surface area contributed by atoms with E-state index in [0.717, 1.165) is 0 Å². The lowest BCUT2D eigenvalue weighted by atomic mass is 10.1. The van der Waals surface area contributed by atoms with Gasteiger partial charge in [0, 0.05) is 5.39 Å². The molecule has 0 atom stereocenters. The Morgan fingerprint density at radius 1 is 1.29 bits per heavy atom. The second-order valence-corrected chi connectivity index (χ2v) is 3.67. The Hall–Kier alpha value is -1.82. The van der Waals surface area contributed by atoms with Crippen LogP contribution in [0.25, 0.3) is 10.9 Å². The summed E-state index contributed by atoms with van der Waals surface area (Å²) in [5.74, 6) is 5.09. The lowest BCUT2D eigenvalue weighted by molar-refractivity contribution is -0.140. The van der Waals surface area contributed by atoms with Crippen molar-refractivity contribution in [1.82, 2.24) is 4.98 Å². The van der Waals surface area contributed by atoms with Crippen LogP contribution in [0.3, 0.4) is 0 Å². The van der Waals surface area contributed by atoms with Gasteiger partial charge in [0.05, 0.1) is 11.2 Å². The first-order valence-electron chi connectivity index (χ1n) is 4.87. The maximum atomic E-state index is 12.7. The average Bonchev–Trinajstić information content (AvgIpc) is 2.26. The molecular formula is C11H10F3N3. The predicted molar refractivity (Wildman–Crippen MR) is 59.3 cm³/mol. The number of anilines is 1. The number of halogens is 3. The van der Waals surface area contributed by atoms with Crippen molar-refractivity contribution < 1.29 is 13.2 Å². The quantitative estimate of drug-likeness (QED) is 0.596. The first-order chi connectivity index (χ1) is 7.93. The summed E-state index contributed by atoms with van der Waals surface area (Å²) in [6.07, 6.45) is -4.53. The number of alkyl halides is 3. The number of rotatable bonds is 1. The Morgan fingerprint density at radius 2 is 2.00 bits per heavy atom. The van der Waals surface area contributed by atoms with E-state index in [1.54, 1.807) is 25.1 Å². The van der Waals surface area contributed by atoms with Crippen LogP contribution in [0, 0.1) is 6.92 Å². The van der Waals surface area contributed by atoms with Crippen molar-refractivity contribution in [2.75, 3.05) is 5.43 Å². The number of aryl methyl sites for hydroxylation is 1. The smallest absolute Gasteiger partial charge is 0.322 e. The van der Waals surface area contributed by atoms with Gasteiger partial charge in [0.25, 0.3) is 0 Å². The van der Waals surface area contributed by atoms with Gasteiger partial charge in [-0.2, -0.15) is 13.2 Å². The molecular weight excluding hydrogens is 231 g/mol. The number of hydrogen-bond acceptors (Lipinski definition) is 3. The van der Waals surface area contributed by atoms with Crippen LogP contribution >= 0.6 is 0 Å². The molecule has 3 nitrogen and oxygen atoms in total. The molecule has 1 heterocycles. The number of aromatic nitrogens is 1. The molecule has 0 fully saturated rings. The van der Waals surface area contributed by atoms with Crippen molar-refractivity contribution in [3.8, 4) is 0 Å². The molecule has 0 saturated heterocycles. The highest BCUT2D eigenvalue weighted by Gasteiger charge is 2.35. The molecule has 0 unspecified atom stereocenters. The van der Waals surface area contributed by atoms with E-state index in [4.69, 9.17) is 5.84 Å². The summed E-state index contributed by atoms with van der Waals surface area (Å²) < 4.78 is 38.2. The van der Waals surface area contributed by atoms with E-state index in [1.165, 1.54) is 6.07 Å². The van der Waals surface area contributed by atoms with E-state index >= 15 is 0 Å². The molecule has 3 N–H and O–H groups in total. The van der Waals surface area contributed by atoms with Gasteiger partial charge < -0.3 is 5.43 Å². The number of benzene rings is 1. The molecule has 2 rings (SSSR count). The summed E-state index contributed by atoms with van der Waals surface area (Å²) in [6.45, 7) is 1.71. The van der Waals surface area contributed by atoms with Gasteiger partial charge in [-0.1, -0.05) is 18.2 Å². The topological polar surface area (TPSA) is 50.9 Å². The third kappa shape index (κ3) is 2.03. The zero-order valence-corrected chi connectivity index (χ0v) is 8.97. The van der Waals surface area contributed by atoms with E-state index < -0.39 is 11.9 Å². The third-order valence-electron chi connectivity index (χ3n) is 2.47. The molecule has 0 aliphatic rings. The molecule has 1 aromatic carbocycles. The first kappa shape index (κ1) is 11.7. The van der Waals surface area contributed by atoms with Crippen LogP contribution in [0.15, 0.2) is 24.3 Å². The molecule has 0 aliphatic carbocycles. The summed E-state index contributed by atoms with van der Waals surface area (Å²) in [5, 5.41) is 0.617. The Labute approximate surface area is 95.4 Å². The fourth-order valence-corrected chi connectivity index (χ4v) is 1.67. The molecule has 0 spiro atoms. The second kappa shape index (κ2) is 3.89. The zero-order valence-electron chi connectivity index (χ0n) is 8.97. The maximum Gasteiger partial charge on any atom is 0.435 e. The largest absolute Gasteiger partial charge is 0.435 e. The monoisotopic (exact) mass is 241 g/mol. The summed E-state index contributed by atoms with van der Waals surface area (Å²) in [4.78, 5) is 3.65. The fourth-order valence-electron chi connectivity index (χ4n) is 1.67. The van der Waals surface area contributed by atoms with E-state index in [2.05, 4.69) is 4.98 Å². The molecule has 6 heteroatoms. The van der Waals surface area contributed by atoms with Crippen molar-refractivity contribution in [1.29, 1.82) is 0 Å². The Balaban J connectivity index is 2.79. The maximum absolute atomic E-state index is 12.7. The van der Waals surface area contributed by atoms with Gasteiger partial charge in [-0.3, -0.25) is 5.84 Å². The van der Waals surface area contributed by atoms with E-state index in [9.17, 15) is 13.2 Å². The van der Waals surface area contributed by atoms with Gasteiger partial charge in [0.1, 0.15) is 0 Å².